The number of halogens is 2. The van der Waals surface area contributed by atoms with E-state index >= 15 is 0 Å². The number of benzene rings is 1. The van der Waals surface area contributed by atoms with Crippen molar-refractivity contribution in [3.63, 3.8) is 0 Å². The van der Waals surface area contributed by atoms with Gasteiger partial charge < -0.3 is 5.11 Å². The first-order valence-corrected chi connectivity index (χ1v) is 5.53. The summed E-state index contributed by atoms with van der Waals surface area (Å²) in [7, 11) is 0. The summed E-state index contributed by atoms with van der Waals surface area (Å²) in [4.78, 5) is 10.6. The lowest BCUT2D eigenvalue weighted by Gasteiger charge is -2.03. The van der Waals surface area contributed by atoms with Crippen molar-refractivity contribution in [1.82, 2.24) is 9.78 Å². The number of carboxylic acids is 1. The number of hydrogen-bond donors (Lipinski definition) is 1. The first-order valence-electron chi connectivity index (χ1n) is 4.78. The van der Waals surface area contributed by atoms with Crippen LogP contribution >= 0.6 is 23.2 Å². The lowest BCUT2D eigenvalue weighted by atomic mass is 10.2. The Kier molecular flexibility index (Phi) is 3.36. The number of rotatable bonds is 3. The van der Waals surface area contributed by atoms with Gasteiger partial charge in [0.1, 0.15) is 5.15 Å². The second-order valence-electron chi connectivity index (χ2n) is 3.42. The Morgan fingerprint density at radius 1 is 1.41 bits per heavy atom. The Morgan fingerprint density at radius 2 is 2.18 bits per heavy atom. The first kappa shape index (κ1) is 12.0. The molecule has 1 heterocycles. The zero-order chi connectivity index (χ0) is 12.4. The van der Waals surface area contributed by atoms with Crippen LogP contribution in [0.5, 0.6) is 0 Å². The standard InChI is InChI=1S/C11H8Cl2N2O2/c12-8-2-1-3-9(5-8)15-11(13)7(6-14-15)4-10(16)17/h1-3,5-6H,4H2,(H,16,17). The van der Waals surface area contributed by atoms with Crippen molar-refractivity contribution in [1.29, 1.82) is 0 Å². The molecule has 0 bridgehead atoms. The zero-order valence-electron chi connectivity index (χ0n) is 8.60. The number of nitrogens with zero attached hydrogens (tertiary/aromatic N) is 2. The van der Waals surface area contributed by atoms with Crippen molar-refractivity contribution in [3.8, 4) is 5.69 Å². The molecule has 0 fully saturated rings. The van der Waals surface area contributed by atoms with Crippen molar-refractivity contribution >= 4 is 29.2 Å². The molecule has 1 N–H and O–H groups in total. The summed E-state index contributed by atoms with van der Waals surface area (Å²) in [6.07, 6.45) is 1.29. The fourth-order valence-corrected chi connectivity index (χ4v) is 1.88. The Morgan fingerprint density at radius 3 is 2.82 bits per heavy atom. The van der Waals surface area contributed by atoms with Gasteiger partial charge in [0.05, 0.1) is 18.3 Å². The Labute approximate surface area is 107 Å². The van der Waals surface area contributed by atoms with Gasteiger partial charge in [0.15, 0.2) is 0 Å². The molecule has 2 rings (SSSR count). The summed E-state index contributed by atoms with van der Waals surface area (Å²) >= 11 is 11.9. The quantitative estimate of drug-likeness (QED) is 0.933. The SMILES string of the molecule is O=C(O)Cc1cnn(-c2cccc(Cl)c2)c1Cl. The largest absolute Gasteiger partial charge is 0.481 e. The summed E-state index contributed by atoms with van der Waals surface area (Å²) in [5.41, 5.74) is 1.17. The van der Waals surface area contributed by atoms with Gasteiger partial charge >= 0.3 is 5.97 Å². The zero-order valence-corrected chi connectivity index (χ0v) is 10.1. The van der Waals surface area contributed by atoms with Gasteiger partial charge in [-0.15, -0.1) is 0 Å². The molecular weight excluding hydrogens is 263 g/mol. The first-order chi connectivity index (χ1) is 8.08. The molecule has 0 unspecified atom stereocenters. The van der Waals surface area contributed by atoms with E-state index in [2.05, 4.69) is 5.10 Å². The van der Waals surface area contributed by atoms with Crippen LogP contribution in [0.25, 0.3) is 5.69 Å². The third kappa shape index (κ3) is 2.60. The van der Waals surface area contributed by atoms with Crippen LogP contribution in [-0.2, 0) is 11.2 Å². The maximum Gasteiger partial charge on any atom is 0.307 e. The fraction of sp³-hybridized carbons (Fsp3) is 0.0909. The molecule has 0 saturated heterocycles. The van der Waals surface area contributed by atoms with Gasteiger partial charge in [-0.05, 0) is 18.2 Å². The highest BCUT2D eigenvalue weighted by molar-refractivity contribution is 6.31. The van der Waals surface area contributed by atoms with Crippen molar-refractivity contribution in [2.45, 2.75) is 6.42 Å². The second-order valence-corrected chi connectivity index (χ2v) is 4.22. The third-order valence-electron chi connectivity index (χ3n) is 2.17. The van der Waals surface area contributed by atoms with Gasteiger partial charge in [-0.1, -0.05) is 29.3 Å². The normalized spacial score (nSPS) is 10.5. The van der Waals surface area contributed by atoms with Gasteiger partial charge in [0, 0.05) is 10.6 Å². The summed E-state index contributed by atoms with van der Waals surface area (Å²) < 4.78 is 1.45. The van der Waals surface area contributed by atoms with Gasteiger partial charge in [-0.2, -0.15) is 5.10 Å². The third-order valence-corrected chi connectivity index (χ3v) is 2.81. The van der Waals surface area contributed by atoms with Crippen molar-refractivity contribution in [2.75, 3.05) is 0 Å². The molecule has 88 valence electrons. The molecule has 17 heavy (non-hydrogen) atoms. The maximum absolute atomic E-state index is 10.6. The molecule has 6 heteroatoms. The Balaban J connectivity index is 2.40. The molecule has 1 aromatic heterocycles. The summed E-state index contributed by atoms with van der Waals surface area (Å²) in [5, 5.41) is 13.6. The Bertz CT molecular complexity index is 566. The van der Waals surface area contributed by atoms with Crippen LogP contribution in [0.3, 0.4) is 0 Å². The number of carboxylic acid groups (broad SMARTS) is 1. The topological polar surface area (TPSA) is 55.1 Å². The average Bonchev–Trinajstić information content (AvgIpc) is 2.60. The van der Waals surface area contributed by atoms with Crippen LogP contribution in [0.2, 0.25) is 10.2 Å². The van der Waals surface area contributed by atoms with E-state index in [0.717, 1.165) is 0 Å². The monoisotopic (exact) mass is 270 g/mol. The van der Waals surface area contributed by atoms with Crippen molar-refractivity contribution in [3.05, 3.63) is 46.2 Å². The van der Waals surface area contributed by atoms with Crippen LogP contribution < -0.4 is 0 Å². The number of hydrogen-bond acceptors (Lipinski definition) is 2. The summed E-state index contributed by atoms with van der Waals surface area (Å²) in [5.74, 6) is -0.947. The molecule has 0 amide bonds. The maximum atomic E-state index is 10.6. The highest BCUT2D eigenvalue weighted by Crippen LogP contribution is 2.22. The lowest BCUT2D eigenvalue weighted by Crippen LogP contribution is -2.00. The fourth-order valence-electron chi connectivity index (χ4n) is 1.44. The van der Waals surface area contributed by atoms with Crippen LogP contribution in [0.4, 0.5) is 0 Å². The van der Waals surface area contributed by atoms with E-state index in [1.807, 2.05) is 0 Å². The number of aromatic nitrogens is 2. The molecule has 0 aliphatic carbocycles. The van der Waals surface area contributed by atoms with Gasteiger partial charge in [0.25, 0.3) is 0 Å². The predicted octanol–water partition coefficient (Wildman–Crippen LogP) is 2.81. The molecule has 2 aromatic rings. The van der Waals surface area contributed by atoms with E-state index in [9.17, 15) is 4.79 Å². The minimum atomic E-state index is -0.947. The van der Waals surface area contributed by atoms with E-state index in [1.165, 1.54) is 10.9 Å². The molecule has 0 aliphatic rings. The van der Waals surface area contributed by atoms with Gasteiger partial charge in [-0.3, -0.25) is 4.79 Å². The Hall–Kier alpha value is -1.52. The van der Waals surface area contributed by atoms with Crippen LogP contribution in [-0.4, -0.2) is 20.9 Å². The van der Waals surface area contributed by atoms with E-state index in [1.54, 1.807) is 24.3 Å². The van der Waals surface area contributed by atoms with Crippen molar-refractivity contribution < 1.29 is 9.90 Å². The van der Waals surface area contributed by atoms with Gasteiger partial charge in [0.2, 0.25) is 0 Å². The molecule has 1 aromatic carbocycles. The minimum absolute atomic E-state index is 0.153. The smallest absolute Gasteiger partial charge is 0.307 e. The van der Waals surface area contributed by atoms with Crippen LogP contribution in [0, 0.1) is 0 Å². The molecule has 0 radical (unpaired) electrons. The van der Waals surface area contributed by atoms with Crippen molar-refractivity contribution in [2.24, 2.45) is 0 Å². The highest BCUT2D eigenvalue weighted by atomic mass is 35.5. The highest BCUT2D eigenvalue weighted by Gasteiger charge is 2.12. The van der Waals surface area contributed by atoms with Crippen LogP contribution in [0.1, 0.15) is 5.56 Å². The molecule has 0 atom stereocenters. The summed E-state index contributed by atoms with van der Waals surface area (Å²) in [6, 6.07) is 6.99. The molecular formula is C11H8Cl2N2O2. The molecule has 0 saturated carbocycles. The van der Waals surface area contributed by atoms with E-state index in [-0.39, 0.29) is 11.6 Å². The lowest BCUT2D eigenvalue weighted by molar-refractivity contribution is -0.136. The minimum Gasteiger partial charge on any atom is -0.481 e. The second kappa shape index (κ2) is 4.77. The molecule has 0 spiro atoms. The van der Waals surface area contributed by atoms with E-state index in [0.29, 0.717) is 16.3 Å². The van der Waals surface area contributed by atoms with Crippen LogP contribution in [0.15, 0.2) is 30.5 Å². The molecule has 0 aliphatic heterocycles. The summed E-state index contributed by atoms with van der Waals surface area (Å²) in [6.45, 7) is 0. The van der Waals surface area contributed by atoms with Gasteiger partial charge in [-0.25, -0.2) is 4.68 Å². The number of aliphatic carboxylic acids is 1. The predicted molar refractivity (Wildman–Crippen MR) is 64.9 cm³/mol. The molecule has 4 nitrogen and oxygen atoms in total. The van der Waals surface area contributed by atoms with E-state index in [4.69, 9.17) is 28.3 Å². The number of carbonyl (C=O) groups is 1. The average molecular weight is 271 g/mol. The van der Waals surface area contributed by atoms with E-state index < -0.39 is 5.97 Å².